The lowest BCUT2D eigenvalue weighted by atomic mass is 10.1. The first kappa shape index (κ1) is 17.8. The number of hydrazine groups is 1. The molecule has 7 heteroatoms. The molecule has 1 aromatic carbocycles. The third-order valence-corrected chi connectivity index (χ3v) is 4.41. The van der Waals surface area contributed by atoms with Crippen LogP contribution < -0.4 is 10.9 Å². The van der Waals surface area contributed by atoms with E-state index in [4.69, 9.17) is 0 Å². The Morgan fingerprint density at radius 1 is 1.15 bits per heavy atom. The van der Waals surface area contributed by atoms with Gasteiger partial charge in [-0.1, -0.05) is 24.6 Å². The fourth-order valence-corrected chi connectivity index (χ4v) is 3.11. The summed E-state index contributed by atoms with van der Waals surface area (Å²) in [6.07, 6.45) is 3.23. The maximum absolute atomic E-state index is 12.5. The summed E-state index contributed by atoms with van der Waals surface area (Å²) in [5.74, 6) is -0.842. The van der Waals surface area contributed by atoms with E-state index in [-0.39, 0.29) is 12.5 Å². The molecule has 0 spiro atoms. The molecule has 1 aliphatic rings. The van der Waals surface area contributed by atoms with Gasteiger partial charge in [-0.2, -0.15) is 0 Å². The number of carbonyl (C=O) groups excluding carboxylic acids is 3. The Kier molecular flexibility index (Phi) is 5.46. The van der Waals surface area contributed by atoms with Gasteiger partial charge in [-0.3, -0.25) is 30.2 Å². The molecule has 26 heavy (non-hydrogen) atoms. The van der Waals surface area contributed by atoms with Crippen molar-refractivity contribution < 1.29 is 14.4 Å². The fraction of sp³-hybridized carbons (Fsp3) is 0.368. The van der Waals surface area contributed by atoms with Crippen LogP contribution in [0.4, 0.5) is 0 Å². The van der Waals surface area contributed by atoms with Gasteiger partial charge in [-0.15, -0.1) is 0 Å². The number of likely N-dealkylation sites (tertiary alicyclic amines) is 1. The second-order valence-corrected chi connectivity index (χ2v) is 6.46. The summed E-state index contributed by atoms with van der Waals surface area (Å²) >= 11 is 0. The largest absolute Gasteiger partial charge is 0.333 e. The first-order valence-electron chi connectivity index (χ1n) is 8.78. The third-order valence-electron chi connectivity index (χ3n) is 4.41. The van der Waals surface area contributed by atoms with E-state index in [1.807, 2.05) is 31.2 Å². The zero-order valence-corrected chi connectivity index (χ0v) is 14.7. The third kappa shape index (κ3) is 4.17. The minimum atomic E-state index is -0.415. The summed E-state index contributed by atoms with van der Waals surface area (Å²) in [6, 6.07) is 9.02. The molecular formula is C19H22N4O3. The van der Waals surface area contributed by atoms with E-state index in [0.29, 0.717) is 23.9 Å². The molecule has 0 unspecified atom stereocenters. The van der Waals surface area contributed by atoms with Crippen LogP contribution in [0, 0.1) is 6.92 Å². The van der Waals surface area contributed by atoms with Crippen molar-refractivity contribution in [3.63, 3.8) is 0 Å². The van der Waals surface area contributed by atoms with E-state index in [1.54, 1.807) is 11.0 Å². The van der Waals surface area contributed by atoms with Crippen LogP contribution in [0.2, 0.25) is 0 Å². The average Bonchev–Trinajstić information content (AvgIpc) is 2.83. The lowest BCUT2D eigenvalue weighted by Gasteiger charge is -2.20. The maximum Gasteiger partial charge on any atom is 0.270 e. The number of rotatable bonds is 3. The lowest BCUT2D eigenvalue weighted by Crippen LogP contribution is -2.47. The second kappa shape index (κ2) is 7.95. The highest BCUT2D eigenvalue weighted by Crippen LogP contribution is 2.18. The van der Waals surface area contributed by atoms with Gasteiger partial charge >= 0.3 is 0 Å². The van der Waals surface area contributed by atoms with Crippen LogP contribution in [0.3, 0.4) is 0 Å². The second-order valence-electron chi connectivity index (χ2n) is 6.46. The summed E-state index contributed by atoms with van der Waals surface area (Å²) in [4.78, 5) is 42.5. The van der Waals surface area contributed by atoms with Crippen LogP contribution >= 0.6 is 0 Å². The van der Waals surface area contributed by atoms with Gasteiger partial charge in [0.2, 0.25) is 5.91 Å². The Morgan fingerprint density at radius 2 is 1.96 bits per heavy atom. The van der Waals surface area contributed by atoms with Crippen LogP contribution in [0.1, 0.15) is 41.7 Å². The zero-order valence-electron chi connectivity index (χ0n) is 14.7. The summed E-state index contributed by atoms with van der Waals surface area (Å²) in [7, 11) is 0. The molecule has 1 aliphatic heterocycles. The van der Waals surface area contributed by atoms with Gasteiger partial charge in [0.05, 0.1) is 11.1 Å². The molecule has 1 fully saturated rings. The fourth-order valence-electron chi connectivity index (χ4n) is 3.11. The normalized spacial score (nSPS) is 14.8. The number of hydrogen-bond acceptors (Lipinski definition) is 4. The van der Waals surface area contributed by atoms with Crippen molar-refractivity contribution in [2.24, 2.45) is 0 Å². The number of nitrogens with zero attached hydrogens (tertiary/aromatic N) is 2. The highest BCUT2D eigenvalue weighted by molar-refractivity contribution is 6.06. The van der Waals surface area contributed by atoms with Gasteiger partial charge in [-0.25, -0.2) is 0 Å². The number of aromatic nitrogens is 1. The van der Waals surface area contributed by atoms with Crippen molar-refractivity contribution >= 4 is 28.6 Å². The highest BCUT2D eigenvalue weighted by atomic mass is 16.2. The lowest BCUT2D eigenvalue weighted by molar-refractivity contribution is -0.135. The predicted octanol–water partition coefficient (Wildman–Crippen LogP) is 1.71. The molecule has 2 heterocycles. The molecule has 136 valence electrons. The van der Waals surface area contributed by atoms with Crippen molar-refractivity contribution in [3.05, 3.63) is 41.6 Å². The van der Waals surface area contributed by atoms with E-state index < -0.39 is 11.8 Å². The van der Waals surface area contributed by atoms with Crippen molar-refractivity contribution in [2.75, 3.05) is 13.1 Å². The standard InChI is InChI=1S/C19H22N4O3/c1-13-11-15(14-7-4-5-8-16(14)20-13)19(26)22-21-17(24)12-23-10-6-2-3-9-18(23)25/h4-5,7-8,11H,2-3,6,9-10,12H2,1H3,(H,21,24)(H,22,26). The molecule has 1 aromatic heterocycles. The summed E-state index contributed by atoms with van der Waals surface area (Å²) in [6.45, 7) is 2.34. The van der Waals surface area contributed by atoms with E-state index >= 15 is 0 Å². The van der Waals surface area contributed by atoms with Gasteiger partial charge in [0.1, 0.15) is 6.54 Å². The van der Waals surface area contributed by atoms with Crippen LogP contribution in [0.25, 0.3) is 10.9 Å². The first-order valence-corrected chi connectivity index (χ1v) is 8.78. The number of para-hydroxylation sites is 1. The minimum Gasteiger partial charge on any atom is -0.333 e. The molecule has 7 nitrogen and oxygen atoms in total. The summed E-state index contributed by atoms with van der Waals surface area (Å²) in [5.41, 5.74) is 6.72. The van der Waals surface area contributed by atoms with E-state index in [1.165, 1.54) is 0 Å². The van der Waals surface area contributed by atoms with E-state index in [0.717, 1.165) is 30.5 Å². The SMILES string of the molecule is Cc1cc(C(=O)NNC(=O)CN2CCCCCC2=O)c2ccccc2n1. The van der Waals surface area contributed by atoms with Crippen molar-refractivity contribution in [1.29, 1.82) is 0 Å². The average molecular weight is 354 g/mol. The molecule has 0 aliphatic carbocycles. The van der Waals surface area contributed by atoms with Gasteiger partial charge in [0.15, 0.2) is 0 Å². The number of hydrogen-bond donors (Lipinski definition) is 2. The molecule has 3 rings (SSSR count). The van der Waals surface area contributed by atoms with Crippen LogP contribution in [0.15, 0.2) is 30.3 Å². The number of nitrogens with one attached hydrogen (secondary N) is 2. The predicted molar refractivity (Wildman–Crippen MR) is 97.1 cm³/mol. The number of amides is 3. The van der Waals surface area contributed by atoms with Crippen molar-refractivity contribution in [3.8, 4) is 0 Å². The minimum absolute atomic E-state index is 0.0141. The van der Waals surface area contributed by atoms with Crippen molar-refractivity contribution in [1.82, 2.24) is 20.7 Å². The van der Waals surface area contributed by atoms with Gasteiger partial charge in [-0.05, 0) is 31.9 Å². The van der Waals surface area contributed by atoms with Gasteiger partial charge in [0, 0.05) is 24.0 Å². The first-order chi connectivity index (χ1) is 12.5. The molecular weight excluding hydrogens is 332 g/mol. The quantitative estimate of drug-likeness (QED) is 0.821. The van der Waals surface area contributed by atoms with E-state index in [9.17, 15) is 14.4 Å². The molecule has 3 amide bonds. The van der Waals surface area contributed by atoms with Gasteiger partial charge in [0.25, 0.3) is 11.8 Å². The van der Waals surface area contributed by atoms with E-state index in [2.05, 4.69) is 15.8 Å². The Labute approximate surface area is 151 Å². The van der Waals surface area contributed by atoms with Crippen LogP contribution in [-0.2, 0) is 9.59 Å². The maximum atomic E-state index is 12.5. The Hall–Kier alpha value is -2.96. The molecule has 2 aromatic rings. The van der Waals surface area contributed by atoms with Gasteiger partial charge < -0.3 is 4.90 Å². The Morgan fingerprint density at radius 3 is 2.81 bits per heavy atom. The Bertz CT molecular complexity index is 850. The molecule has 0 radical (unpaired) electrons. The summed E-state index contributed by atoms with van der Waals surface area (Å²) in [5, 5.41) is 0.715. The topological polar surface area (TPSA) is 91.4 Å². The van der Waals surface area contributed by atoms with Crippen LogP contribution in [-0.4, -0.2) is 40.7 Å². The molecule has 2 N–H and O–H groups in total. The van der Waals surface area contributed by atoms with Crippen LogP contribution in [0.5, 0.6) is 0 Å². The molecule has 0 bridgehead atoms. The number of aryl methyl sites for hydroxylation is 1. The zero-order chi connectivity index (χ0) is 18.5. The number of benzene rings is 1. The smallest absolute Gasteiger partial charge is 0.270 e. The molecule has 1 saturated heterocycles. The number of fused-ring (bicyclic) bond motifs is 1. The highest BCUT2D eigenvalue weighted by Gasteiger charge is 2.20. The number of carbonyl (C=O) groups is 3. The monoisotopic (exact) mass is 354 g/mol. The summed E-state index contributed by atoms with van der Waals surface area (Å²) < 4.78 is 0. The Balaban J connectivity index is 1.64. The number of pyridine rings is 1. The molecule has 0 atom stereocenters. The molecule has 0 saturated carbocycles. The van der Waals surface area contributed by atoms with Crippen molar-refractivity contribution in [2.45, 2.75) is 32.6 Å².